The quantitative estimate of drug-likeness (QED) is 0.243. The summed E-state index contributed by atoms with van der Waals surface area (Å²) in [5, 5.41) is 11.3. The van der Waals surface area contributed by atoms with Crippen LogP contribution in [0, 0.1) is 13.8 Å². The Hall–Kier alpha value is -3.80. The lowest BCUT2D eigenvalue weighted by atomic mass is 10.0. The van der Waals surface area contributed by atoms with Crippen LogP contribution in [0.1, 0.15) is 53.5 Å². The van der Waals surface area contributed by atoms with Crippen LogP contribution in [0.5, 0.6) is 0 Å². The molecule has 10 nitrogen and oxygen atoms in total. The van der Waals surface area contributed by atoms with Crippen LogP contribution in [0.15, 0.2) is 47.8 Å². The Kier molecular flexibility index (Phi) is 9.97. The van der Waals surface area contributed by atoms with E-state index in [2.05, 4.69) is 48.0 Å². The molecular formula is C31H40N5O5S+. The first-order valence-electron chi connectivity index (χ1n) is 14.0. The van der Waals surface area contributed by atoms with E-state index in [0.717, 1.165) is 43.4 Å². The maximum atomic E-state index is 12.9. The molecule has 4 rings (SSSR count). The Morgan fingerprint density at radius 2 is 1.76 bits per heavy atom. The summed E-state index contributed by atoms with van der Waals surface area (Å²) in [7, 11) is 0. The molecule has 1 fully saturated rings. The van der Waals surface area contributed by atoms with E-state index in [1.807, 2.05) is 0 Å². The van der Waals surface area contributed by atoms with Gasteiger partial charge < -0.3 is 25.4 Å². The minimum Gasteiger partial charge on any atom is -0.456 e. The van der Waals surface area contributed by atoms with Crippen molar-refractivity contribution in [2.75, 3.05) is 38.0 Å². The summed E-state index contributed by atoms with van der Waals surface area (Å²) >= 11 is 1.51. The van der Waals surface area contributed by atoms with Gasteiger partial charge in [-0.2, -0.15) is 4.98 Å². The number of carbonyl (C=O) groups excluding carboxylic acids is 3. The molecule has 0 bridgehead atoms. The minimum atomic E-state index is -0.659. The normalized spacial score (nSPS) is 14.6. The van der Waals surface area contributed by atoms with Gasteiger partial charge in [0.15, 0.2) is 5.69 Å². The van der Waals surface area contributed by atoms with Crippen LogP contribution in [0.25, 0.3) is 0 Å². The van der Waals surface area contributed by atoms with Crippen molar-refractivity contribution in [3.8, 4) is 0 Å². The summed E-state index contributed by atoms with van der Waals surface area (Å²) in [5.74, 6) is -0.857. The minimum absolute atomic E-state index is 0.0759. The predicted molar refractivity (Wildman–Crippen MR) is 165 cm³/mol. The van der Waals surface area contributed by atoms with Gasteiger partial charge >= 0.3 is 12.1 Å². The molecule has 2 amide bonds. The molecule has 11 heteroatoms. The van der Waals surface area contributed by atoms with E-state index < -0.39 is 17.7 Å². The molecule has 1 saturated heterocycles. The van der Waals surface area contributed by atoms with Gasteiger partial charge in [0, 0.05) is 29.7 Å². The zero-order chi connectivity index (χ0) is 30.3. The number of hydrogen-bond acceptors (Lipinski definition) is 8. The number of esters is 1. The number of carbonyl (C=O) groups is 3. The Bertz CT molecular complexity index is 1410. The average Bonchev–Trinajstić information content (AvgIpc) is 3.45. The van der Waals surface area contributed by atoms with Crippen molar-refractivity contribution >= 4 is 40.1 Å². The summed E-state index contributed by atoms with van der Waals surface area (Å²) in [6.45, 7) is 13.8. The molecule has 0 radical (unpaired) electrons. The number of nitrogens with zero attached hydrogens (tertiary/aromatic N) is 2. The molecule has 0 saturated carbocycles. The van der Waals surface area contributed by atoms with Crippen molar-refractivity contribution in [2.24, 2.45) is 0 Å². The number of nitrogens with one attached hydrogen (secondary N) is 3. The molecule has 3 N–H and O–H groups in total. The van der Waals surface area contributed by atoms with Gasteiger partial charge in [0.25, 0.3) is 5.13 Å². The number of piperazine rings is 1. The standard InChI is InChI=1S/C31H39N5O5S/c1-21-6-7-22(2)24(16-21)18-36(14-12-32-13-15-36)29-35-26(20-42-29)28(38)40-19-23-8-10-25(11-9-23)34-27(37)17-33-30(39)41-31(3,4)5/h6-11,16,20,32H,12-15,17-19H2,1-5H3,(H-,33,34,37,39)/p+1. The Labute approximate surface area is 251 Å². The highest BCUT2D eigenvalue weighted by Crippen LogP contribution is 2.32. The lowest BCUT2D eigenvalue weighted by Crippen LogP contribution is -2.59. The van der Waals surface area contributed by atoms with Gasteiger partial charge in [0.2, 0.25) is 5.91 Å². The lowest BCUT2D eigenvalue weighted by Gasteiger charge is -2.39. The second-order valence-corrected chi connectivity index (χ2v) is 12.5. The van der Waals surface area contributed by atoms with Crippen molar-refractivity contribution in [1.82, 2.24) is 20.1 Å². The van der Waals surface area contributed by atoms with Crippen LogP contribution in [0.4, 0.5) is 15.6 Å². The fourth-order valence-electron chi connectivity index (χ4n) is 4.69. The van der Waals surface area contributed by atoms with E-state index in [9.17, 15) is 14.4 Å². The number of alkyl carbamates (subject to hydrolysis) is 1. The number of amides is 2. The zero-order valence-corrected chi connectivity index (χ0v) is 25.7. The number of rotatable bonds is 9. The van der Waals surface area contributed by atoms with Crippen LogP contribution < -0.4 is 20.4 Å². The first kappa shape index (κ1) is 31.1. The third-order valence-corrected chi connectivity index (χ3v) is 7.95. The maximum absolute atomic E-state index is 12.9. The number of benzene rings is 2. The highest BCUT2D eigenvalue weighted by atomic mass is 32.1. The number of quaternary nitrogens is 1. The van der Waals surface area contributed by atoms with Gasteiger partial charge in [-0.3, -0.25) is 9.28 Å². The molecular weight excluding hydrogens is 554 g/mol. The average molecular weight is 595 g/mol. The van der Waals surface area contributed by atoms with Crippen molar-refractivity contribution in [1.29, 1.82) is 0 Å². The molecule has 1 aliphatic rings. The predicted octanol–water partition coefficient (Wildman–Crippen LogP) is 4.69. The van der Waals surface area contributed by atoms with Crippen LogP contribution in [-0.2, 0) is 27.4 Å². The topological polar surface area (TPSA) is 119 Å². The summed E-state index contributed by atoms with van der Waals surface area (Å²) in [5.41, 5.74) is 4.79. The summed E-state index contributed by atoms with van der Waals surface area (Å²) in [6, 6.07) is 13.5. The number of hydrogen-bond donors (Lipinski definition) is 3. The summed E-state index contributed by atoms with van der Waals surface area (Å²) in [4.78, 5) is 41.5. The Morgan fingerprint density at radius 3 is 2.45 bits per heavy atom. The van der Waals surface area contributed by atoms with Gasteiger partial charge in [-0.05, 0) is 57.9 Å². The maximum Gasteiger partial charge on any atom is 0.408 e. The van der Waals surface area contributed by atoms with Crippen LogP contribution in [-0.4, -0.2) is 61.3 Å². The molecule has 2 aromatic carbocycles. The molecule has 42 heavy (non-hydrogen) atoms. The van der Waals surface area contributed by atoms with E-state index in [1.54, 1.807) is 50.4 Å². The summed E-state index contributed by atoms with van der Waals surface area (Å²) < 4.78 is 11.4. The third-order valence-electron chi connectivity index (χ3n) is 6.92. The van der Waals surface area contributed by atoms with Gasteiger partial charge in [-0.25, -0.2) is 9.59 Å². The molecule has 0 aliphatic carbocycles. The lowest BCUT2D eigenvalue weighted by molar-refractivity contribution is -0.115. The van der Waals surface area contributed by atoms with Crippen LogP contribution in [0.3, 0.4) is 0 Å². The third kappa shape index (κ3) is 8.60. The molecule has 1 aliphatic heterocycles. The van der Waals surface area contributed by atoms with Crippen molar-refractivity contribution in [2.45, 2.75) is 53.4 Å². The van der Waals surface area contributed by atoms with Crippen LogP contribution >= 0.6 is 11.3 Å². The van der Waals surface area contributed by atoms with Crippen molar-refractivity contribution in [3.63, 3.8) is 0 Å². The van der Waals surface area contributed by atoms with E-state index in [1.165, 1.54) is 28.0 Å². The Balaban J connectivity index is 1.32. The second-order valence-electron chi connectivity index (χ2n) is 11.6. The molecule has 1 aromatic heterocycles. The number of aryl methyl sites for hydroxylation is 2. The smallest absolute Gasteiger partial charge is 0.408 e. The summed E-state index contributed by atoms with van der Waals surface area (Å²) in [6.07, 6.45) is -0.659. The van der Waals surface area contributed by atoms with Crippen molar-refractivity contribution in [3.05, 3.63) is 75.8 Å². The van der Waals surface area contributed by atoms with Gasteiger partial charge in [-0.1, -0.05) is 47.2 Å². The molecule has 0 spiro atoms. The van der Waals surface area contributed by atoms with E-state index in [0.29, 0.717) is 15.9 Å². The van der Waals surface area contributed by atoms with E-state index >= 15 is 0 Å². The number of thiazole rings is 1. The second kappa shape index (κ2) is 13.5. The molecule has 2 heterocycles. The number of anilines is 1. The molecule has 3 aromatic rings. The zero-order valence-electron chi connectivity index (χ0n) is 24.9. The molecule has 0 atom stereocenters. The van der Waals surface area contributed by atoms with Gasteiger partial charge in [0.05, 0.1) is 13.1 Å². The number of ether oxygens (including phenoxy) is 2. The van der Waals surface area contributed by atoms with Crippen LogP contribution in [0.2, 0.25) is 0 Å². The largest absolute Gasteiger partial charge is 0.456 e. The van der Waals surface area contributed by atoms with Crippen molar-refractivity contribution < 1.29 is 23.9 Å². The fourth-order valence-corrected chi connectivity index (χ4v) is 5.68. The highest BCUT2D eigenvalue weighted by molar-refractivity contribution is 7.13. The first-order valence-corrected chi connectivity index (χ1v) is 14.9. The number of aromatic nitrogens is 1. The van der Waals surface area contributed by atoms with E-state index in [-0.39, 0.29) is 19.1 Å². The first-order chi connectivity index (χ1) is 19.9. The highest BCUT2D eigenvalue weighted by Gasteiger charge is 2.37. The molecule has 224 valence electrons. The fraction of sp³-hybridized carbons (Fsp3) is 0.419. The Morgan fingerprint density at radius 1 is 1.05 bits per heavy atom. The SMILES string of the molecule is Cc1ccc(C)c(C[N+]2(c3nc(C(=O)OCc4ccc(NC(=O)CNC(=O)OC(C)(C)C)cc4)cs3)CCNCC2)c1. The van der Waals surface area contributed by atoms with Gasteiger partial charge in [0.1, 0.15) is 25.3 Å². The monoisotopic (exact) mass is 594 g/mol. The molecule has 0 unspecified atom stereocenters. The van der Waals surface area contributed by atoms with E-state index in [4.69, 9.17) is 14.5 Å². The van der Waals surface area contributed by atoms with Gasteiger partial charge in [-0.15, -0.1) is 0 Å².